The number of aliphatic hydroxyl groups is 1. The van der Waals surface area contributed by atoms with E-state index in [1.807, 2.05) is 67.7 Å². The first-order valence-corrected chi connectivity index (χ1v) is 10.5. The highest BCUT2D eigenvalue weighted by Crippen LogP contribution is 2.14. The molecule has 2 N–H and O–H groups in total. The number of aliphatic hydroxyl groups excluding tert-OH is 1. The summed E-state index contributed by atoms with van der Waals surface area (Å²) in [4.78, 5) is 2.10. The summed E-state index contributed by atoms with van der Waals surface area (Å²) >= 11 is 6.01. The lowest BCUT2D eigenvalue weighted by atomic mass is 10.2. The fourth-order valence-corrected chi connectivity index (χ4v) is 3.48. The van der Waals surface area contributed by atoms with Gasteiger partial charge < -0.3 is 15.2 Å². The van der Waals surface area contributed by atoms with E-state index in [1.165, 1.54) is 11.1 Å². The maximum absolute atomic E-state index is 10.3. The van der Waals surface area contributed by atoms with Gasteiger partial charge in [-0.25, -0.2) is 0 Å². The zero-order valence-corrected chi connectivity index (χ0v) is 18.1. The standard InChI is InChI=1S/C25H29ClN2O2/c1-28(17-21-6-3-2-4-7-21)18-24(29)19-30-25-12-10-20(11-13-25)15-27-16-22-8-5-9-23(26)14-22/h2-14,24,27,29H,15-19H2,1H3/t24-/m0/s1. The molecule has 0 aliphatic heterocycles. The van der Waals surface area contributed by atoms with E-state index in [0.717, 1.165) is 36.0 Å². The molecule has 0 heterocycles. The molecule has 0 saturated carbocycles. The Balaban J connectivity index is 1.36. The quantitative estimate of drug-likeness (QED) is 0.475. The number of likely N-dealkylation sites (N-methyl/N-ethyl adjacent to an activating group) is 1. The van der Waals surface area contributed by atoms with Crippen LogP contribution in [0.2, 0.25) is 5.02 Å². The largest absolute Gasteiger partial charge is 0.491 e. The maximum Gasteiger partial charge on any atom is 0.119 e. The molecule has 1 atom stereocenters. The highest BCUT2D eigenvalue weighted by atomic mass is 35.5. The third kappa shape index (κ3) is 7.81. The number of hydrogen-bond donors (Lipinski definition) is 2. The molecule has 3 rings (SSSR count). The van der Waals surface area contributed by atoms with E-state index >= 15 is 0 Å². The van der Waals surface area contributed by atoms with Crippen LogP contribution in [-0.2, 0) is 19.6 Å². The van der Waals surface area contributed by atoms with Gasteiger partial charge in [0.15, 0.2) is 0 Å². The van der Waals surface area contributed by atoms with Crippen molar-refractivity contribution in [2.24, 2.45) is 0 Å². The normalized spacial score (nSPS) is 12.1. The first-order chi connectivity index (χ1) is 14.6. The van der Waals surface area contributed by atoms with Crippen molar-refractivity contribution in [3.63, 3.8) is 0 Å². The van der Waals surface area contributed by atoms with Crippen molar-refractivity contribution in [3.8, 4) is 5.75 Å². The average molecular weight is 425 g/mol. The van der Waals surface area contributed by atoms with Crippen molar-refractivity contribution < 1.29 is 9.84 Å². The van der Waals surface area contributed by atoms with Crippen LogP contribution in [0.3, 0.4) is 0 Å². The number of rotatable bonds is 11. The molecule has 0 aliphatic carbocycles. The molecule has 158 valence electrons. The van der Waals surface area contributed by atoms with Crippen molar-refractivity contribution in [2.75, 3.05) is 20.2 Å². The minimum Gasteiger partial charge on any atom is -0.491 e. The Hall–Kier alpha value is -2.37. The van der Waals surface area contributed by atoms with Gasteiger partial charge in [0.2, 0.25) is 0 Å². The molecule has 0 radical (unpaired) electrons. The van der Waals surface area contributed by atoms with E-state index in [-0.39, 0.29) is 6.61 Å². The third-order valence-electron chi connectivity index (χ3n) is 4.73. The van der Waals surface area contributed by atoms with Crippen molar-refractivity contribution >= 4 is 11.6 Å². The van der Waals surface area contributed by atoms with Gasteiger partial charge in [0, 0.05) is 31.2 Å². The van der Waals surface area contributed by atoms with E-state index in [1.54, 1.807) is 0 Å². The summed E-state index contributed by atoms with van der Waals surface area (Å²) in [5, 5.41) is 14.4. The molecule has 3 aromatic carbocycles. The predicted octanol–water partition coefficient (Wildman–Crippen LogP) is 4.50. The second kappa shape index (κ2) is 11.7. The lowest BCUT2D eigenvalue weighted by Crippen LogP contribution is -2.32. The van der Waals surface area contributed by atoms with Crippen LogP contribution in [0, 0.1) is 0 Å². The average Bonchev–Trinajstić information content (AvgIpc) is 2.74. The Morgan fingerprint density at radius 3 is 2.33 bits per heavy atom. The van der Waals surface area contributed by atoms with E-state index in [4.69, 9.17) is 16.3 Å². The van der Waals surface area contributed by atoms with Crippen LogP contribution < -0.4 is 10.1 Å². The van der Waals surface area contributed by atoms with Crippen LogP contribution in [0.4, 0.5) is 0 Å². The number of ether oxygens (including phenoxy) is 1. The molecule has 0 aliphatic rings. The topological polar surface area (TPSA) is 44.7 Å². The minimum atomic E-state index is -0.544. The zero-order chi connectivity index (χ0) is 21.2. The van der Waals surface area contributed by atoms with Crippen molar-refractivity contribution in [1.82, 2.24) is 10.2 Å². The Labute approximate surface area is 184 Å². The smallest absolute Gasteiger partial charge is 0.119 e. The Bertz CT molecular complexity index is 887. The Morgan fingerprint density at radius 1 is 0.900 bits per heavy atom. The fourth-order valence-electron chi connectivity index (χ4n) is 3.27. The molecule has 4 nitrogen and oxygen atoms in total. The summed E-state index contributed by atoms with van der Waals surface area (Å²) < 4.78 is 5.75. The van der Waals surface area contributed by atoms with Crippen molar-refractivity contribution in [1.29, 1.82) is 0 Å². The van der Waals surface area contributed by atoms with Crippen LogP contribution in [0.1, 0.15) is 16.7 Å². The molecule has 0 aromatic heterocycles. The maximum atomic E-state index is 10.3. The number of hydrogen-bond acceptors (Lipinski definition) is 4. The summed E-state index contributed by atoms with van der Waals surface area (Å²) in [6.07, 6.45) is -0.544. The highest BCUT2D eigenvalue weighted by Gasteiger charge is 2.10. The van der Waals surface area contributed by atoms with Gasteiger partial charge >= 0.3 is 0 Å². The molecular weight excluding hydrogens is 396 g/mol. The van der Waals surface area contributed by atoms with E-state index in [0.29, 0.717) is 6.54 Å². The first kappa shape index (κ1) is 22.3. The van der Waals surface area contributed by atoms with Gasteiger partial charge in [-0.2, -0.15) is 0 Å². The van der Waals surface area contributed by atoms with Gasteiger partial charge in [-0.15, -0.1) is 0 Å². The van der Waals surface area contributed by atoms with E-state index in [2.05, 4.69) is 28.4 Å². The van der Waals surface area contributed by atoms with Crippen LogP contribution >= 0.6 is 11.6 Å². The molecule has 0 spiro atoms. The number of nitrogens with zero attached hydrogens (tertiary/aromatic N) is 1. The van der Waals surface area contributed by atoms with Crippen LogP contribution in [0.5, 0.6) is 5.75 Å². The molecule has 0 unspecified atom stereocenters. The number of benzene rings is 3. The second-order valence-electron chi connectivity index (χ2n) is 7.52. The summed E-state index contributed by atoms with van der Waals surface area (Å²) in [5.74, 6) is 0.762. The highest BCUT2D eigenvalue weighted by molar-refractivity contribution is 6.30. The number of halogens is 1. The van der Waals surface area contributed by atoms with E-state index in [9.17, 15) is 5.11 Å². The summed E-state index contributed by atoms with van der Waals surface area (Å²) in [6.45, 7) is 3.15. The fraction of sp³-hybridized carbons (Fsp3) is 0.280. The van der Waals surface area contributed by atoms with Gasteiger partial charge in [0.05, 0.1) is 0 Å². The molecule has 0 amide bonds. The van der Waals surface area contributed by atoms with Crippen molar-refractivity contribution in [2.45, 2.75) is 25.7 Å². The molecular formula is C25H29ClN2O2. The second-order valence-corrected chi connectivity index (χ2v) is 7.96. The van der Waals surface area contributed by atoms with Crippen LogP contribution in [-0.4, -0.2) is 36.3 Å². The van der Waals surface area contributed by atoms with E-state index < -0.39 is 6.10 Å². The van der Waals surface area contributed by atoms with Gasteiger partial charge in [-0.05, 0) is 48.0 Å². The van der Waals surface area contributed by atoms with Gasteiger partial charge in [-0.1, -0.05) is 66.2 Å². The summed E-state index contributed by atoms with van der Waals surface area (Å²) in [5.41, 5.74) is 3.56. The predicted molar refractivity (Wildman–Crippen MR) is 123 cm³/mol. The molecule has 0 bridgehead atoms. The van der Waals surface area contributed by atoms with Gasteiger partial charge in [-0.3, -0.25) is 4.90 Å². The molecule has 5 heteroatoms. The number of nitrogens with one attached hydrogen (secondary N) is 1. The molecule has 3 aromatic rings. The lowest BCUT2D eigenvalue weighted by molar-refractivity contribution is 0.0744. The SMILES string of the molecule is CN(Cc1ccccc1)C[C@H](O)COc1ccc(CNCc2cccc(Cl)c2)cc1. The Kier molecular flexibility index (Phi) is 8.72. The van der Waals surface area contributed by atoms with Gasteiger partial charge in [0.1, 0.15) is 18.5 Å². The minimum absolute atomic E-state index is 0.269. The lowest BCUT2D eigenvalue weighted by Gasteiger charge is -2.21. The third-order valence-corrected chi connectivity index (χ3v) is 4.97. The molecule has 0 saturated heterocycles. The zero-order valence-electron chi connectivity index (χ0n) is 17.3. The summed E-state index contributed by atoms with van der Waals surface area (Å²) in [7, 11) is 2.00. The monoisotopic (exact) mass is 424 g/mol. The Morgan fingerprint density at radius 2 is 1.60 bits per heavy atom. The van der Waals surface area contributed by atoms with Crippen LogP contribution in [0.15, 0.2) is 78.9 Å². The summed E-state index contributed by atoms with van der Waals surface area (Å²) in [6, 6.07) is 26.0. The van der Waals surface area contributed by atoms with Crippen LogP contribution in [0.25, 0.3) is 0 Å². The van der Waals surface area contributed by atoms with Crippen molar-refractivity contribution in [3.05, 3.63) is 101 Å². The van der Waals surface area contributed by atoms with Gasteiger partial charge in [0.25, 0.3) is 0 Å². The molecule has 0 fully saturated rings. The molecule has 30 heavy (non-hydrogen) atoms. The first-order valence-electron chi connectivity index (χ1n) is 10.2.